The van der Waals surface area contributed by atoms with Gasteiger partial charge in [0.2, 0.25) is 5.88 Å². The van der Waals surface area contributed by atoms with Crippen LogP contribution in [-0.4, -0.2) is 115 Å². The van der Waals surface area contributed by atoms with Gasteiger partial charge in [0.1, 0.15) is 29.0 Å². The Hall–Kier alpha value is -5.98. The van der Waals surface area contributed by atoms with Crippen LogP contribution in [0.5, 0.6) is 5.88 Å². The fourth-order valence-electron chi connectivity index (χ4n) is 8.61. The van der Waals surface area contributed by atoms with E-state index in [1.807, 2.05) is 65.8 Å². The molecule has 1 fully saturated rings. The predicted octanol–water partition coefficient (Wildman–Crippen LogP) is 8.67. The molecule has 1 saturated heterocycles. The van der Waals surface area contributed by atoms with Crippen molar-refractivity contribution in [3.05, 3.63) is 115 Å². The van der Waals surface area contributed by atoms with E-state index in [1.54, 1.807) is 30.6 Å². The summed E-state index contributed by atoms with van der Waals surface area (Å²) >= 11 is 14.4. The van der Waals surface area contributed by atoms with E-state index < -0.39 is 5.97 Å². The summed E-state index contributed by atoms with van der Waals surface area (Å²) in [5.74, 6) is 1.84. The first-order chi connectivity index (χ1) is 32.5. The Morgan fingerprint density at radius 3 is 2.45 bits per heavy atom. The van der Waals surface area contributed by atoms with Gasteiger partial charge in [0.15, 0.2) is 5.82 Å². The van der Waals surface area contributed by atoms with E-state index in [2.05, 4.69) is 54.5 Å². The number of carbonyl (C=O) groups is 2. The van der Waals surface area contributed by atoms with E-state index in [9.17, 15) is 14.7 Å². The zero-order valence-corrected chi connectivity index (χ0v) is 40.6. The maximum atomic E-state index is 11.6. The number of hydrogen-bond donors (Lipinski definition) is 3. The van der Waals surface area contributed by atoms with Gasteiger partial charge in [0.05, 0.1) is 29.1 Å². The van der Waals surface area contributed by atoms with Crippen molar-refractivity contribution >= 4 is 69.2 Å². The summed E-state index contributed by atoms with van der Waals surface area (Å²) in [6.45, 7) is 12.7. The third-order valence-electron chi connectivity index (χ3n) is 12.3. The van der Waals surface area contributed by atoms with E-state index in [0.29, 0.717) is 38.2 Å². The number of rotatable bonds is 16. The number of hydrogen-bond acceptors (Lipinski definition) is 13. The number of pyridine rings is 1. The highest BCUT2D eigenvalue weighted by molar-refractivity contribution is 7.15. The summed E-state index contributed by atoms with van der Waals surface area (Å²) in [4.78, 5) is 41.7. The van der Waals surface area contributed by atoms with Crippen LogP contribution in [0.3, 0.4) is 0 Å². The lowest BCUT2D eigenvalue weighted by Crippen LogP contribution is -2.46. The first kappa shape index (κ1) is 47.5. The lowest BCUT2D eigenvalue weighted by Gasteiger charge is -2.35. The lowest BCUT2D eigenvalue weighted by atomic mass is 10.00. The Morgan fingerprint density at radius 2 is 1.73 bits per heavy atom. The molecule has 7 heterocycles. The molecule has 19 heteroatoms. The van der Waals surface area contributed by atoms with Crippen LogP contribution in [0.1, 0.15) is 87.4 Å². The number of carboxylic acids is 1. The Morgan fingerprint density at radius 1 is 0.970 bits per heavy atom. The molecule has 16 nitrogen and oxygen atoms in total. The van der Waals surface area contributed by atoms with Crippen LogP contribution < -0.4 is 15.0 Å². The van der Waals surface area contributed by atoms with Gasteiger partial charge < -0.3 is 29.8 Å². The molecule has 0 bridgehead atoms. The Bertz CT molecular complexity index is 2900. The molecule has 2 aliphatic heterocycles. The number of aromatic carboxylic acids is 1. The van der Waals surface area contributed by atoms with Crippen LogP contribution in [0.2, 0.25) is 10.0 Å². The topological polar surface area (TPSA) is 185 Å². The van der Waals surface area contributed by atoms with E-state index >= 15 is 0 Å². The zero-order valence-electron chi connectivity index (χ0n) is 38.2. The smallest absolute Gasteiger partial charge is 0.337 e. The molecule has 7 aromatic rings. The second kappa shape index (κ2) is 21.3. The molecule has 0 amide bonds. The number of aromatic nitrogens is 8. The second-order valence-corrected chi connectivity index (χ2v) is 18.7. The third kappa shape index (κ3) is 10.5. The number of nitrogens with one attached hydrogen (secondary N) is 2. The molecule has 2 aliphatic rings. The van der Waals surface area contributed by atoms with Crippen molar-refractivity contribution < 1.29 is 19.4 Å². The molecule has 0 aliphatic carbocycles. The van der Waals surface area contributed by atoms with Gasteiger partial charge in [-0.15, -0.1) is 26.6 Å². The number of anilines is 1. The number of H-pyrrole nitrogens is 1. The summed E-state index contributed by atoms with van der Waals surface area (Å²) in [6, 6.07) is 14.8. The molecule has 350 valence electrons. The number of nitrogens with zero attached hydrogens (tertiary/aromatic N) is 10. The Labute approximate surface area is 403 Å². The number of aromatic amines is 1. The molecule has 0 spiro atoms. The van der Waals surface area contributed by atoms with Crippen molar-refractivity contribution in [1.82, 2.24) is 49.9 Å². The molecule has 9 rings (SSSR count). The Kier molecular flexibility index (Phi) is 15.1. The number of carbonyl (C=O) groups excluding carboxylic acids is 1. The molecule has 1 atom stereocenters. The van der Waals surface area contributed by atoms with Crippen molar-refractivity contribution in [2.75, 3.05) is 51.8 Å². The minimum Gasteiger partial charge on any atom is -0.480 e. The largest absolute Gasteiger partial charge is 0.480 e. The summed E-state index contributed by atoms with van der Waals surface area (Å²) < 4.78 is 9.64. The number of thiophene rings is 1. The monoisotopic (exact) mass is 964 g/mol. The number of aryl methyl sites for hydroxylation is 3. The lowest BCUT2D eigenvalue weighted by molar-refractivity contribution is -0.108. The van der Waals surface area contributed by atoms with Gasteiger partial charge in [-0.2, -0.15) is 4.98 Å². The quantitative estimate of drug-likeness (QED) is 0.0620. The van der Waals surface area contributed by atoms with Gasteiger partial charge in [0, 0.05) is 101 Å². The first-order valence-corrected chi connectivity index (χ1v) is 23.9. The molecule has 2 aromatic carbocycles. The first-order valence-electron chi connectivity index (χ1n) is 22.4. The van der Waals surface area contributed by atoms with Crippen LogP contribution >= 0.6 is 34.5 Å². The Balaban J connectivity index is 0.000000200. The summed E-state index contributed by atoms with van der Waals surface area (Å²) in [5, 5.41) is 32.4. The maximum Gasteiger partial charge on any atom is 0.337 e. The molecule has 1 unspecified atom stereocenters. The molecule has 67 heavy (non-hydrogen) atoms. The average molecular weight is 966 g/mol. The predicted molar refractivity (Wildman–Crippen MR) is 264 cm³/mol. The van der Waals surface area contributed by atoms with Crippen molar-refractivity contribution in [3.63, 3.8) is 0 Å². The number of unbranched alkanes of at least 4 members (excludes halogenated alkanes) is 3. The maximum absolute atomic E-state index is 11.6. The normalized spacial score (nSPS) is 14.8. The number of aliphatic imine (C=N–C) groups is 1. The number of ether oxygens (including phenoxy) is 1. The highest BCUT2D eigenvalue weighted by Gasteiger charge is 2.31. The fourth-order valence-corrected chi connectivity index (χ4v) is 10.2. The highest BCUT2D eigenvalue weighted by Crippen LogP contribution is 2.40. The molecule has 0 saturated carbocycles. The van der Waals surface area contributed by atoms with Crippen LogP contribution in [0.25, 0.3) is 27.0 Å². The van der Waals surface area contributed by atoms with E-state index in [-0.39, 0.29) is 18.0 Å². The van der Waals surface area contributed by atoms with Gasteiger partial charge >= 0.3 is 5.97 Å². The molecule has 3 N–H and O–H groups in total. The van der Waals surface area contributed by atoms with Gasteiger partial charge in [-0.05, 0) is 89.2 Å². The van der Waals surface area contributed by atoms with Crippen LogP contribution in [0.15, 0.2) is 65.9 Å². The number of benzene rings is 2. The van der Waals surface area contributed by atoms with Crippen LogP contribution in [0.4, 0.5) is 5.82 Å². The van der Waals surface area contributed by atoms with E-state index in [0.717, 1.165) is 103 Å². The third-order valence-corrected chi connectivity index (χ3v) is 14.0. The minimum atomic E-state index is -0.994. The molecule has 0 radical (unpaired) electrons. The average Bonchev–Trinajstić information content (AvgIpc) is 4.11. The zero-order chi connectivity index (χ0) is 47.2. The van der Waals surface area contributed by atoms with Crippen LogP contribution in [-0.2, 0) is 17.9 Å². The summed E-state index contributed by atoms with van der Waals surface area (Å²) in [6.07, 6.45) is 9.36. The van der Waals surface area contributed by atoms with Gasteiger partial charge in [-0.25, -0.2) is 4.79 Å². The van der Waals surface area contributed by atoms with Crippen molar-refractivity contribution in [2.24, 2.45) is 4.99 Å². The summed E-state index contributed by atoms with van der Waals surface area (Å²) in [7, 11) is 3.50. The number of fused-ring (bicyclic) bond motifs is 4. The molecular weight excluding hydrogens is 912 g/mol. The number of halogens is 2. The summed E-state index contributed by atoms with van der Waals surface area (Å²) in [5.41, 5.74) is 7.36. The van der Waals surface area contributed by atoms with Gasteiger partial charge in [-0.1, -0.05) is 53.4 Å². The van der Waals surface area contributed by atoms with E-state index in [4.69, 9.17) is 37.9 Å². The second-order valence-electron chi connectivity index (χ2n) is 16.7. The standard InChI is InChI=1S/C29H37ClN8O3.C19H17ClN4OS/c1-31-17-20-19-38(35-34-20)10-6-4-3-5-9-36-11-13-37(14-12-36)27-8-7-21(28(33-27)41-2)22-15-23-24(29(39)40)18-32-26(23)16-25(22)30;1-10-11(2)26-19-16(10)17(13-4-6-14(20)7-5-13)21-15(8-9-25)18-23-22-12(3)24(18)19/h7-8,15-16,18-19,31-32H,3-6,9-14,17H2,1-2H3,(H,39,40);4-7,9,15H,8H2,1-3H3. The van der Waals surface area contributed by atoms with Crippen molar-refractivity contribution in [2.45, 2.75) is 72.0 Å². The van der Waals surface area contributed by atoms with E-state index in [1.165, 1.54) is 35.9 Å². The number of methoxy groups -OCH3 is 1. The van der Waals surface area contributed by atoms with Crippen molar-refractivity contribution in [1.29, 1.82) is 0 Å². The SMILES string of the molecule is CNCc1cn(CCCCCCN2CCN(c3ccc(-c4cc5c(C(=O)O)c[nH]c5cc4Cl)c(OC)n3)CC2)nn1.Cc1sc2c(c1C)C(c1ccc(Cl)cc1)=NC(CC=O)c1nnc(C)n1-2. The van der Waals surface area contributed by atoms with Gasteiger partial charge in [-0.3, -0.25) is 19.1 Å². The molecular formula is C48H54Cl2N12O4S. The highest BCUT2D eigenvalue weighted by atomic mass is 35.5. The molecule has 5 aromatic heterocycles. The van der Waals surface area contributed by atoms with Crippen LogP contribution in [0, 0.1) is 20.8 Å². The number of aldehydes is 1. The number of carboxylic acid groups (broad SMARTS) is 1. The fraction of sp³-hybridized carbons (Fsp3) is 0.375. The number of piperazine rings is 1. The van der Waals surface area contributed by atoms with Gasteiger partial charge in [0.25, 0.3) is 0 Å². The minimum absolute atomic E-state index is 0.199. The van der Waals surface area contributed by atoms with Crippen molar-refractivity contribution in [3.8, 4) is 22.0 Å².